The molecule has 1 aliphatic heterocycles. The minimum Gasteiger partial charge on any atom is -0.381 e. The lowest BCUT2D eigenvalue weighted by molar-refractivity contribution is 0.0983. The molecule has 0 radical (unpaired) electrons. The van der Waals surface area contributed by atoms with Crippen LogP contribution in [0.5, 0.6) is 0 Å². The molecule has 5 heteroatoms. The van der Waals surface area contributed by atoms with Gasteiger partial charge in [0, 0.05) is 19.3 Å². The van der Waals surface area contributed by atoms with Gasteiger partial charge in [0.25, 0.3) is 0 Å². The van der Waals surface area contributed by atoms with Crippen LogP contribution in [0.25, 0.3) is 0 Å². The monoisotopic (exact) mass is 249 g/mol. The molecule has 0 amide bonds. The number of ether oxygens (including phenoxy) is 1. The highest BCUT2D eigenvalue weighted by molar-refractivity contribution is 7.92. The van der Waals surface area contributed by atoms with Gasteiger partial charge in [0.15, 0.2) is 9.84 Å². The van der Waals surface area contributed by atoms with Crippen molar-refractivity contribution in [2.24, 2.45) is 5.73 Å². The van der Waals surface area contributed by atoms with Gasteiger partial charge in [-0.3, -0.25) is 0 Å². The van der Waals surface area contributed by atoms with E-state index in [9.17, 15) is 8.42 Å². The first-order valence-electron chi connectivity index (χ1n) is 6.11. The SMILES string of the molecule is CCC(N)CCCS(=O)(=O)C1CCOCC1. The lowest BCUT2D eigenvalue weighted by Gasteiger charge is -2.22. The Morgan fingerprint density at radius 1 is 1.38 bits per heavy atom. The number of rotatable bonds is 6. The standard InChI is InChI=1S/C11H23NO3S/c1-2-10(12)4-3-9-16(13,14)11-5-7-15-8-6-11/h10-11H,2-9,12H2,1H3. The summed E-state index contributed by atoms with van der Waals surface area (Å²) in [6, 6.07) is 0.143. The molecule has 1 heterocycles. The van der Waals surface area contributed by atoms with Crippen LogP contribution in [0.15, 0.2) is 0 Å². The second-order valence-electron chi connectivity index (χ2n) is 4.49. The van der Waals surface area contributed by atoms with Crippen molar-refractivity contribution < 1.29 is 13.2 Å². The Morgan fingerprint density at radius 2 is 2.00 bits per heavy atom. The minimum atomic E-state index is -2.92. The Labute approximate surface area is 98.5 Å². The second-order valence-corrected chi connectivity index (χ2v) is 6.89. The highest BCUT2D eigenvalue weighted by Gasteiger charge is 2.27. The zero-order valence-corrected chi connectivity index (χ0v) is 10.8. The largest absolute Gasteiger partial charge is 0.381 e. The van der Waals surface area contributed by atoms with E-state index < -0.39 is 9.84 Å². The summed E-state index contributed by atoms with van der Waals surface area (Å²) in [6.07, 6.45) is 3.72. The van der Waals surface area contributed by atoms with Crippen LogP contribution in [-0.4, -0.2) is 38.7 Å². The molecule has 0 aromatic carbocycles. The second kappa shape index (κ2) is 6.57. The Hall–Kier alpha value is -0.130. The molecule has 0 spiro atoms. The van der Waals surface area contributed by atoms with E-state index in [4.69, 9.17) is 10.5 Å². The molecule has 1 saturated heterocycles. The van der Waals surface area contributed by atoms with Gasteiger partial charge in [-0.05, 0) is 32.1 Å². The zero-order chi connectivity index (χ0) is 12.0. The molecule has 4 nitrogen and oxygen atoms in total. The molecule has 0 aliphatic carbocycles. The highest BCUT2D eigenvalue weighted by Crippen LogP contribution is 2.17. The number of nitrogens with two attached hydrogens (primary N) is 1. The van der Waals surface area contributed by atoms with Crippen LogP contribution in [0.1, 0.15) is 39.0 Å². The van der Waals surface area contributed by atoms with Crippen molar-refractivity contribution >= 4 is 9.84 Å². The van der Waals surface area contributed by atoms with Crippen LogP contribution in [0.3, 0.4) is 0 Å². The summed E-state index contributed by atoms with van der Waals surface area (Å²) < 4.78 is 29.1. The van der Waals surface area contributed by atoms with Crippen molar-refractivity contribution in [3.8, 4) is 0 Å². The molecule has 1 fully saturated rings. The summed E-state index contributed by atoms with van der Waals surface area (Å²) in [4.78, 5) is 0. The fourth-order valence-corrected chi connectivity index (χ4v) is 3.77. The summed E-state index contributed by atoms with van der Waals surface area (Å²) >= 11 is 0. The normalized spacial score (nSPS) is 20.9. The van der Waals surface area contributed by atoms with Gasteiger partial charge in [-0.15, -0.1) is 0 Å². The Bertz CT molecular complexity index is 284. The molecule has 2 N–H and O–H groups in total. The fraction of sp³-hybridized carbons (Fsp3) is 1.00. The molecule has 0 bridgehead atoms. The van der Waals surface area contributed by atoms with Crippen LogP contribution >= 0.6 is 0 Å². The first-order chi connectivity index (χ1) is 7.56. The maximum atomic E-state index is 12.0. The van der Waals surface area contributed by atoms with E-state index in [0.717, 1.165) is 12.8 Å². The molecule has 1 atom stereocenters. The average molecular weight is 249 g/mol. The Kier molecular flexibility index (Phi) is 5.72. The molecule has 1 unspecified atom stereocenters. The van der Waals surface area contributed by atoms with Crippen LogP contribution in [0.4, 0.5) is 0 Å². The predicted octanol–water partition coefficient (Wildman–Crippen LogP) is 1.10. The van der Waals surface area contributed by atoms with Crippen molar-refractivity contribution in [1.82, 2.24) is 0 Å². The van der Waals surface area contributed by atoms with Gasteiger partial charge in [-0.25, -0.2) is 8.42 Å². The first-order valence-corrected chi connectivity index (χ1v) is 7.82. The van der Waals surface area contributed by atoms with Crippen molar-refractivity contribution in [1.29, 1.82) is 0 Å². The van der Waals surface area contributed by atoms with Crippen LogP contribution in [-0.2, 0) is 14.6 Å². The molecular formula is C11H23NO3S. The van der Waals surface area contributed by atoms with Gasteiger partial charge in [-0.1, -0.05) is 6.92 Å². The van der Waals surface area contributed by atoms with E-state index in [-0.39, 0.29) is 17.0 Å². The molecule has 16 heavy (non-hydrogen) atoms. The predicted molar refractivity (Wildman–Crippen MR) is 65.1 cm³/mol. The maximum Gasteiger partial charge on any atom is 0.153 e. The van der Waals surface area contributed by atoms with Crippen molar-refractivity contribution in [3.05, 3.63) is 0 Å². The lowest BCUT2D eigenvalue weighted by Crippen LogP contribution is -2.31. The van der Waals surface area contributed by atoms with E-state index >= 15 is 0 Å². The fourth-order valence-electron chi connectivity index (χ4n) is 1.95. The average Bonchev–Trinajstić information content (AvgIpc) is 2.30. The zero-order valence-electron chi connectivity index (χ0n) is 10.0. The van der Waals surface area contributed by atoms with Crippen molar-refractivity contribution in [2.45, 2.75) is 50.3 Å². The third-order valence-corrected chi connectivity index (χ3v) is 5.55. The summed E-state index contributed by atoms with van der Waals surface area (Å²) in [6.45, 7) is 3.19. The molecule has 1 aliphatic rings. The van der Waals surface area contributed by atoms with Gasteiger partial charge in [0.1, 0.15) is 0 Å². The number of hydrogen-bond donors (Lipinski definition) is 1. The highest BCUT2D eigenvalue weighted by atomic mass is 32.2. The van der Waals surface area contributed by atoms with Crippen LogP contribution < -0.4 is 5.73 Å². The topological polar surface area (TPSA) is 69.4 Å². The van der Waals surface area contributed by atoms with E-state index in [1.165, 1.54) is 0 Å². The van der Waals surface area contributed by atoms with Crippen molar-refractivity contribution in [3.63, 3.8) is 0 Å². The number of sulfone groups is 1. The maximum absolute atomic E-state index is 12.0. The quantitative estimate of drug-likeness (QED) is 0.765. The van der Waals surface area contributed by atoms with E-state index in [1.807, 2.05) is 6.92 Å². The van der Waals surface area contributed by atoms with Gasteiger partial charge in [0.2, 0.25) is 0 Å². The molecule has 0 aromatic heterocycles. The Balaban J connectivity index is 2.33. The molecule has 1 rings (SSSR count). The summed E-state index contributed by atoms with van der Waals surface area (Å²) in [7, 11) is -2.92. The van der Waals surface area contributed by atoms with Crippen molar-refractivity contribution in [2.75, 3.05) is 19.0 Å². The van der Waals surface area contributed by atoms with Gasteiger partial charge in [0.05, 0.1) is 11.0 Å². The summed E-state index contributed by atoms with van der Waals surface area (Å²) in [5.41, 5.74) is 5.77. The molecule has 96 valence electrons. The smallest absolute Gasteiger partial charge is 0.153 e. The van der Waals surface area contributed by atoms with E-state index in [2.05, 4.69) is 0 Å². The molecule has 0 saturated carbocycles. The van der Waals surface area contributed by atoms with Gasteiger partial charge >= 0.3 is 0 Å². The van der Waals surface area contributed by atoms with Gasteiger partial charge in [-0.2, -0.15) is 0 Å². The molecular weight excluding hydrogens is 226 g/mol. The first kappa shape index (κ1) is 13.9. The van der Waals surface area contributed by atoms with Crippen LogP contribution in [0.2, 0.25) is 0 Å². The Morgan fingerprint density at radius 3 is 2.56 bits per heavy atom. The van der Waals surface area contributed by atoms with Crippen LogP contribution in [0, 0.1) is 0 Å². The third kappa shape index (κ3) is 4.39. The lowest BCUT2D eigenvalue weighted by atomic mass is 10.1. The van der Waals surface area contributed by atoms with E-state index in [1.54, 1.807) is 0 Å². The summed E-state index contributed by atoms with van der Waals surface area (Å²) in [5.74, 6) is 0.283. The summed E-state index contributed by atoms with van der Waals surface area (Å²) in [5, 5.41) is -0.181. The minimum absolute atomic E-state index is 0.143. The van der Waals surface area contributed by atoms with Gasteiger partial charge < -0.3 is 10.5 Å². The number of hydrogen-bond acceptors (Lipinski definition) is 4. The van der Waals surface area contributed by atoms with E-state index in [0.29, 0.717) is 32.5 Å². The third-order valence-electron chi connectivity index (χ3n) is 3.20. The molecule has 0 aromatic rings.